The van der Waals surface area contributed by atoms with Gasteiger partial charge in [0.05, 0.1) is 0 Å². The number of hydrogen-bond donors (Lipinski definition) is 2. The van der Waals surface area contributed by atoms with Crippen LogP contribution in [0.25, 0.3) is 0 Å². The van der Waals surface area contributed by atoms with Crippen molar-refractivity contribution in [1.29, 1.82) is 0 Å². The molecular weight excluding hydrogens is 203 g/mol. The van der Waals surface area contributed by atoms with E-state index in [9.17, 15) is 4.39 Å². The third kappa shape index (κ3) is 3.06. The van der Waals surface area contributed by atoms with Gasteiger partial charge in [-0.25, -0.2) is 4.39 Å². The standard InChI is InChI=1S/C13H17FN2/c1-3-4-5-9-12(16-15)11-8-6-7-10(2)13(11)14/h6-8,12,16H,5,9,15H2,1-2H3. The number of nitrogens with two attached hydrogens (primary N) is 1. The van der Waals surface area contributed by atoms with Gasteiger partial charge >= 0.3 is 0 Å². The molecule has 0 fully saturated rings. The van der Waals surface area contributed by atoms with Gasteiger partial charge < -0.3 is 0 Å². The normalized spacial score (nSPS) is 11.8. The molecule has 86 valence electrons. The van der Waals surface area contributed by atoms with Gasteiger partial charge in [0.25, 0.3) is 0 Å². The Morgan fingerprint density at radius 3 is 2.88 bits per heavy atom. The van der Waals surface area contributed by atoms with Crippen molar-refractivity contribution >= 4 is 0 Å². The molecule has 16 heavy (non-hydrogen) atoms. The van der Waals surface area contributed by atoms with E-state index >= 15 is 0 Å². The molecule has 0 radical (unpaired) electrons. The molecular formula is C13H17FN2. The molecule has 0 amide bonds. The van der Waals surface area contributed by atoms with E-state index in [-0.39, 0.29) is 11.9 Å². The molecule has 0 aliphatic rings. The third-order valence-electron chi connectivity index (χ3n) is 2.53. The summed E-state index contributed by atoms with van der Waals surface area (Å²) in [7, 11) is 0. The van der Waals surface area contributed by atoms with Gasteiger partial charge in [0.15, 0.2) is 0 Å². The molecule has 0 aromatic heterocycles. The second-order valence-corrected chi connectivity index (χ2v) is 3.66. The van der Waals surface area contributed by atoms with E-state index in [0.29, 0.717) is 24.0 Å². The highest BCUT2D eigenvalue weighted by Gasteiger charge is 2.14. The Kier molecular flexibility index (Phi) is 4.97. The van der Waals surface area contributed by atoms with E-state index in [1.165, 1.54) is 0 Å². The fraction of sp³-hybridized carbons (Fsp3) is 0.385. The van der Waals surface area contributed by atoms with Crippen LogP contribution < -0.4 is 11.3 Å². The molecule has 0 saturated carbocycles. The highest BCUT2D eigenvalue weighted by molar-refractivity contribution is 5.27. The second kappa shape index (κ2) is 6.26. The van der Waals surface area contributed by atoms with E-state index in [1.54, 1.807) is 26.0 Å². The molecule has 1 aromatic carbocycles. The van der Waals surface area contributed by atoms with Crippen molar-refractivity contribution < 1.29 is 4.39 Å². The largest absolute Gasteiger partial charge is 0.271 e. The summed E-state index contributed by atoms with van der Waals surface area (Å²) in [5, 5.41) is 0. The second-order valence-electron chi connectivity index (χ2n) is 3.66. The number of halogens is 1. The van der Waals surface area contributed by atoms with Gasteiger partial charge in [-0.15, -0.1) is 11.8 Å². The van der Waals surface area contributed by atoms with Gasteiger partial charge in [-0.3, -0.25) is 11.3 Å². The Morgan fingerprint density at radius 2 is 2.25 bits per heavy atom. The number of benzene rings is 1. The molecule has 0 spiro atoms. The first-order valence-corrected chi connectivity index (χ1v) is 5.31. The monoisotopic (exact) mass is 220 g/mol. The molecule has 0 aliphatic heterocycles. The first kappa shape index (κ1) is 12.7. The molecule has 1 unspecified atom stereocenters. The highest BCUT2D eigenvalue weighted by Crippen LogP contribution is 2.22. The van der Waals surface area contributed by atoms with Crippen molar-refractivity contribution in [1.82, 2.24) is 5.43 Å². The lowest BCUT2D eigenvalue weighted by atomic mass is 10.00. The summed E-state index contributed by atoms with van der Waals surface area (Å²) in [6.45, 7) is 3.54. The van der Waals surface area contributed by atoms with Crippen LogP contribution in [-0.2, 0) is 0 Å². The van der Waals surface area contributed by atoms with E-state index in [1.807, 2.05) is 6.07 Å². The summed E-state index contributed by atoms with van der Waals surface area (Å²) in [5.41, 5.74) is 3.89. The van der Waals surface area contributed by atoms with E-state index in [2.05, 4.69) is 17.3 Å². The van der Waals surface area contributed by atoms with Crippen molar-refractivity contribution in [2.45, 2.75) is 32.7 Å². The van der Waals surface area contributed by atoms with Crippen LogP contribution in [0.4, 0.5) is 4.39 Å². The van der Waals surface area contributed by atoms with E-state index in [0.717, 1.165) is 0 Å². The minimum atomic E-state index is -0.185. The van der Waals surface area contributed by atoms with Crippen molar-refractivity contribution in [3.05, 3.63) is 35.1 Å². The average molecular weight is 220 g/mol. The molecule has 3 N–H and O–H groups in total. The van der Waals surface area contributed by atoms with Crippen molar-refractivity contribution in [3.8, 4) is 11.8 Å². The number of aryl methyl sites for hydroxylation is 1. The van der Waals surface area contributed by atoms with Gasteiger partial charge in [-0.2, -0.15) is 0 Å². The average Bonchev–Trinajstić information content (AvgIpc) is 2.29. The van der Waals surface area contributed by atoms with Crippen molar-refractivity contribution in [2.75, 3.05) is 0 Å². The number of hydrogen-bond acceptors (Lipinski definition) is 2. The van der Waals surface area contributed by atoms with Gasteiger partial charge in [-0.05, 0) is 25.8 Å². The van der Waals surface area contributed by atoms with Crippen LogP contribution in [0, 0.1) is 24.6 Å². The summed E-state index contributed by atoms with van der Waals surface area (Å²) in [6.07, 6.45) is 1.41. The predicted octanol–water partition coefficient (Wildman–Crippen LogP) is 2.44. The topological polar surface area (TPSA) is 38.0 Å². The zero-order valence-electron chi connectivity index (χ0n) is 9.68. The highest BCUT2D eigenvalue weighted by atomic mass is 19.1. The summed E-state index contributed by atoms with van der Waals surface area (Å²) in [5.74, 6) is 11.0. The molecule has 0 bridgehead atoms. The molecule has 1 aromatic rings. The Balaban J connectivity index is 2.85. The number of hydrazine groups is 1. The van der Waals surface area contributed by atoms with Crippen LogP contribution in [0.3, 0.4) is 0 Å². The van der Waals surface area contributed by atoms with Crippen LogP contribution >= 0.6 is 0 Å². The lowest BCUT2D eigenvalue weighted by Gasteiger charge is -2.16. The van der Waals surface area contributed by atoms with Crippen molar-refractivity contribution in [3.63, 3.8) is 0 Å². The summed E-state index contributed by atoms with van der Waals surface area (Å²) in [4.78, 5) is 0. The number of rotatable bonds is 4. The van der Waals surface area contributed by atoms with Crippen LogP contribution in [0.2, 0.25) is 0 Å². The molecule has 0 heterocycles. The minimum Gasteiger partial charge on any atom is -0.271 e. The smallest absolute Gasteiger partial charge is 0.130 e. The summed E-state index contributed by atoms with van der Waals surface area (Å²) >= 11 is 0. The Bertz CT molecular complexity index is 404. The zero-order valence-corrected chi connectivity index (χ0v) is 9.68. The van der Waals surface area contributed by atoms with Gasteiger partial charge in [0, 0.05) is 18.0 Å². The molecule has 0 aliphatic carbocycles. The van der Waals surface area contributed by atoms with E-state index < -0.39 is 0 Å². The predicted molar refractivity (Wildman–Crippen MR) is 63.9 cm³/mol. The van der Waals surface area contributed by atoms with Gasteiger partial charge in [-0.1, -0.05) is 18.2 Å². The first-order chi connectivity index (χ1) is 7.70. The van der Waals surface area contributed by atoms with Gasteiger partial charge in [0.2, 0.25) is 0 Å². The molecule has 0 saturated heterocycles. The molecule has 1 atom stereocenters. The molecule has 2 nitrogen and oxygen atoms in total. The maximum absolute atomic E-state index is 13.8. The Labute approximate surface area is 96.0 Å². The van der Waals surface area contributed by atoms with Crippen LogP contribution in [0.5, 0.6) is 0 Å². The Hall–Kier alpha value is -1.37. The zero-order chi connectivity index (χ0) is 12.0. The number of nitrogens with one attached hydrogen (secondary N) is 1. The third-order valence-corrected chi connectivity index (χ3v) is 2.53. The lowest BCUT2D eigenvalue weighted by Crippen LogP contribution is -2.28. The molecule has 3 heteroatoms. The fourth-order valence-electron chi connectivity index (χ4n) is 1.61. The minimum absolute atomic E-state index is 0.180. The quantitative estimate of drug-likeness (QED) is 0.464. The molecule has 1 rings (SSSR count). The fourth-order valence-corrected chi connectivity index (χ4v) is 1.61. The van der Waals surface area contributed by atoms with Gasteiger partial charge in [0.1, 0.15) is 5.82 Å². The lowest BCUT2D eigenvalue weighted by molar-refractivity contribution is 0.488. The van der Waals surface area contributed by atoms with Crippen LogP contribution in [-0.4, -0.2) is 0 Å². The van der Waals surface area contributed by atoms with Crippen molar-refractivity contribution in [2.24, 2.45) is 5.84 Å². The summed E-state index contributed by atoms with van der Waals surface area (Å²) < 4.78 is 13.8. The van der Waals surface area contributed by atoms with Crippen LogP contribution in [0.15, 0.2) is 18.2 Å². The van der Waals surface area contributed by atoms with E-state index in [4.69, 9.17) is 5.84 Å². The van der Waals surface area contributed by atoms with Crippen LogP contribution in [0.1, 0.15) is 36.9 Å². The first-order valence-electron chi connectivity index (χ1n) is 5.31. The SMILES string of the molecule is CC#CCCC(NN)c1cccc(C)c1F. The maximum Gasteiger partial charge on any atom is 0.130 e. The summed E-state index contributed by atoms with van der Waals surface area (Å²) in [6, 6.07) is 5.16. The Morgan fingerprint density at radius 1 is 1.50 bits per heavy atom. The maximum atomic E-state index is 13.8.